The van der Waals surface area contributed by atoms with E-state index in [2.05, 4.69) is 10.6 Å². The van der Waals surface area contributed by atoms with Gasteiger partial charge in [0.1, 0.15) is 0 Å². The lowest BCUT2D eigenvalue weighted by atomic mass is 10.1. The minimum Gasteiger partial charge on any atom is -0.490 e. The third kappa shape index (κ3) is 5.49. The zero-order valence-corrected chi connectivity index (χ0v) is 16.9. The van der Waals surface area contributed by atoms with E-state index in [-0.39, 0.29) is 17.9 Å². The van der Waals surface area contributed by atoms with Crippen molar-refractivity contribution in [3.8, 4) is 11.5 Å². The van der Waals surface area contributed by atoms with Crippen LogP contribution in [0.2, 0.25) is 0 Å². The first-order valence-corrected chi connectivity index (χ1v) is 9.60. The van der Waals surface area contributed by atoms with Crippen molar-refractivity contribution in [2.45, 2.75) is 40.2 Å². The summed E-state index contributed by atoms with van der Waals surface area (Å²) in [6.45, 7) is 8.66. The second-order valence-corrected chi connectivity index (χ2v) is 6.31. The molecule has 28 heavy (non-hydrogen) atoms. The van der Waals surface area contributed by atoms with E-state index >= 15 is 0 Å². The van der Waals surface area contributed by atoms with Crippen molar-refractivity contribution < 1.29 is 19.1 Å². The first kappa shape index (κ1) is 21.3. The smallest absolute Gasteiger partial charge is 0.255 e. The Hall–Kier alpha value is -3.02. The fourth-order valence-electron chi connectivity index (χ4n) is 2.58. The SMILES string of the molecule is CCOc1ccc(C(=O)Nc2ccccc2C(=O)NC(C)CC)cc1OCC. The molecule has 0 radical (unpaired) electrons. The number of amides is 2. The lowest BCUT2D eigenvalue weighted by molar-refractivity contribution is 0.0940. The largest absolute Gasteiger partial charge is 0.490 e. The second kappa shape index (κ2) is 10.3. The second-order valence-electron chi connectivity index (χ2n) is 6.31. The quantitative estimate of drug-likeness (QED) is 0.677. The Morgan fingerprint density at radius 1 is 0.929 bits per heavy atom. The topological polar surface area (TPSA) is 76.7 Å². The van der Waals surface area contributed by atoms with Crippen LogP contribution in [0, 0.1) is 0 Å². The summed E-state index contributed by atoms with van der Waals surface area (Å²) < 4.78 is 11.1. The van der Waals surface area contributed by atoms with Gasteiger partial charge in [0.25, 0.3) is 11.8 Å². The summed E-state index contributed by atoms with van der Waals surface area (Å²) >= 11 is 0. The van der Waals surface area contributed by atoms with Crippen molar-refractivity contribution in [1.82, 2.24) is 5.32 Å². The molecular weight excluding hydrogens is 356 g/mol. The molecule has 2 amide bonds. The van der Waals surface area contributed by atoms with E-state index in [9.17, 15) is 9.59 Å². The Labute approximate surface area is 166 Å². The summed E-state index contributed by atoms with van der Waals surface area (Å²) in [7, 11) is 0. The zero-order valence-electron chi connectivity index (χ0n) is 16.9. The summed E-state index contributed by atoms with van der Waals surface area (Å²) in [4.78, 5) is 25.3. The molecule has 2 aromatic rings. The van der Waals surface area contributed by atoms with Gasteiger partial charge in [0.05, 0.1) is 24.5 Å². The number of ether oxygens (including phenoxy) is 2. The maximum Gasteiger partial charge on any atom is 0.255 e. The number of anilines is 1. The molecule has 0 bridgehead atoms. The number of hydrogen-bond acceptors (Lipinski definition) is 4. The monoisotopic (exact) mass is 384 g/mol. The molecule has 0 heterocycles. The van der Waals surface area contributed by atoms with Crippen molar-refractivity contribution in [1.29, 1.82) is 0 Å². The summed E-state index contributed by atoms with van der Waals surface area (Å²) in [6, 6.07) is 12.0. The maximum absolute atomic E-state index is 12.8. The van der Waals surface area contributed by atoms with Crippen molar-refractivity contribution in [3.63, 3.8) is 0 Å². The van der Waals surface area contributed by atoms with E-state index in [4.69, 9.17) is 9.47 Å². The zero-order chi connectivity index (χ0) is 20.5. The Morgan fingerprint density at radius 3 is 2.29 bits per heavy atom. The highest BCUT2D eigenvalue weighted by molar-refractivity contribution is 6.09. The van der Waals surface area contributed by atoms with E-state index in [1.807, 2.05) is 27.7 Å². The molecule has 1 atom stereocenters. The van der Waals surface area contributed by atoms with Gasteiger partial charge in [0, 0.05) is 11.6 Å². The van der Waals surface area contributed by atoms with E-state index in [0.29, 0.717) is 41.5 Å². The Bertz CT molecular complexity index is 820. The molecule has 0 aliphatic heterocycles. The van der Waals surface area contributed by atoms with Gasteiger partial charge in [-0.2, -0.15) is 0 Å². The summed E-state index contributed by atoms with van der Waals surface area (Å²) in [5, 5.41) is 5.74. The molecule has 0 fully saturated rings. The third-order valence-electron chi connectivity index (χ3n) is 4.22. The van der Waals surface area contributed by atoms with Crippen LogP contribution in [0.25, 0.3) is 0 Å². The van der Waals surface area contributed by atoms with Crippen LogP contribution in [0.1, 0.15) is 54.8 Å². The fourth-order valence-corrected chi connectivity index (χ4v) is 2.58. The molecule has 1 unspecified atom stereocenters. The van der Waals surface area contributed by atoms with Gasteiger partial charge in [-0.1, -0.05) is 19.1 Å². The standard InChI is InChI=1S/C22H28N2O4/c1-5-15(4)23-22(26)17-10-8-9-11-18(17)24-21(25)16-12-13-19(27-6-2)20(14-16)28-7-3/h8-15H,5-7H2,1-4H3,(H,23,26)(H,24,25). The molecule has 6 heteroatoms. The van der Waals surface area contributed by atoms with Crippen LogP contribution in [0.15, 0.2) is 42.5 Å². The van der Waals surface area contributed by atoms with Crippen molar-refractivity contribution in [2.24, 2.45) is 0 Å². The molecule has 2 rings (SSSR count). The Balaban J connectivity index is 2.23. The van der Waals surface area contributed by atoms with Crippen LogP contribution in [-0.4, -0.2) is 31.1 Å². The van der Waals surface area contributed by atoms with Crippen LogP contribution in [-0.2, 0) is 0 Å². The normalized spacial score (nSPS) is 11.4. The summed E-state index contributed by atoms with van der Waals surface area (Å²) in [5.74, 6) is 0.564. The third-order valence-corrected chi connectivity index (χ3v) is 4.22. The van der Waals surface area contributed by atoms with E-state index in [1.165, 1.54) is 0 Å². The van der Waals surface area contributed by atoms with Crippen LogP contribution in [0.4, 0.5) is 5.69 Å². The first-order valence-electron chi connectivity index (χ1n) is 9.60. The van der Waals surface area contributed by atoms with Gasteiger partial charge >= 0.3 is 0 Å². The number of carbonyl (C=O) groups is 2. The number of rotatable bonds is 9. The molecule has 0 aromatic heterocycles. The molecular formula is C22H28N2O4. The number of carbonyl (C=O) groups excluding carboxylic acids is 2. The molecule has 0 saturated heterocycles. The van der Waals surface area contributed by atoms with Gasteiger partial charge in [-0.05, 0) is 57.5 Å². The Kier molecular flexibility index (Phi) is 7.87. The number of hydrogen-bond donors (Lipinski definition) is 2. The van der Waals surface area contributed by atoms with Crippen LogP contribution < -0.4 is 20.1 Å². The van der Waals surface area contributed by atoms with E-state index < -0.39 is 0 Å². The molecule has 0 spiro atoms. The van der Waals surface area contributed by atoms with Gasteiger partial charge in [-0.25, -0.2) is 0 Å². The first-order chi connectivity index (χ1) is 13.5. The molecule has 0 aliphatic rings. The molecule has 2 aromatic carbocycles. The average molecular weight is 384 g/mol. The fraction of sp³-hybridized carbons (Fsp3) is 0.364. The van der Waals surface area contributed by atoms with Gasteiger partial charge in [-0.15, -0.1) is 0 Å². The summed E-state index contributed by atoms with van der Waals surface area (Å²) in [6.07, 6.45) is 0.826. The number of benzene rings is 2. The van der Waals surface area contributed by atoms with Crippen LogP contribution >= 0.6 is 0 Å². The predicted molar refractivity (Wildman–Crippen MR) is 110 cm³/mol. The molecule has 0 saturated carbocycles. The maximum atomic E-state index is 12.8. The highest BCUT2D eigenvalue weighted by Gasteiger charge is 2.16. The van der Waals surface area contributed by atoms with Gasteiger partial charge in [0.2, 0.25) is 0 Å². The Morgan fingerprint density at radius 2 is 1.61 bits per heavy atom. The minimum atomic E-state index is -0.326. The minimum absolute atomic E-state index is 0.0520. The lowest BCUT2D eigenvalue weighted by Crippen LogP contribution is -2.32. The van der Waals surface area contributed by atoms with E-state index in [0.717, 1.165) is 6.42 Å². The van der Waals surface area contributed by atoms with Crippen molar-refractivity contribution in [2.75, 3.05) is 18.5 Å². The number of para-hydroxylation sites is 1. The van der Waals surface area contributed by atoms with Crippen LogP contribution in [0.5, 0.6) is 11.5 Å². The van der Waals surface area contributed by atoms with Crippen molar-refractivity contribution in [3.05, 3.63) is 53.6 Å². The van der Waals surface area contributed by atoms with Crippen molar-refractivity contribution >= 4 is 17.5 Å². The summed E-state index contributed by atoms with van der Waals surface area (Å²) in [5.41, 5.74) is 1.30. The molecule has 0 aliphatic carbocycles. The lowest BCUT2D eigenvalue weighted by Gasteiger charge is -2.15. The molecule has 2 N–H and O–H groups in total. The average Bonchev–Trinajstić information content (AvgIpc) is 2.69. The predicted octanol–water partition coefficient (Wildman–Crippen LogP) is 4.26. The molecule has 150 valence electrons. The van der Waals surface area contributed by atoms with Gasteiger partial charge in [-0.3, -0.25) is 9.59 Å². The van der Waals surface area contributed by atoms with E-state index in [1.54, 1.807) is 42.5 Å². The van der Waals surface area contributed by atoms with Gasteiger partial charge in [0.15, 0.2) is 11.5 Å². The van der Waals surface area contributed by atoms with Crippen LogP contribution in [0.3, 0.4) is 0 Å². The number of nitrogens with one attached hydrogen (secondary N) is 2. The highest BCUT2D eigenvalue weighted by atomic mass is 16.5. The van der Waals surface area contributed by atoms with Gasteiger partial charge < -0.3 is 20.1 Å². The molecule has 6 nitrogen and oxygen atoms in total. The highest BCUT2D eigenvalue weighted by Crippen LogP contribution is 2.29.